The van der Waals surface area contributed by atoms with Crippen LogP contribution in [0.2, 0.25) is 0 Å². The number of nitrogens with one attached hydrogen (secondary N) is 1. The van der Waals surface area contributed by atoms with E-state index < -0.39 is 0 Å². The van der Waals surface area contributed by atoms with Crippen molar-refractivity contribution in [2.75, 3.05) is 0 Å². The molecule has 2 aromatic rings. The van der Waals surface area contributed by atoms with Gasteiger partial charge in [0.1, 0.15) is 5.82 Å². The highest BCUT2D eigenvalue weighted by Gasteiger charge is 2.10. The maximum atomic E-state index is 13.0. The van der Waals surface area contributed by atoms with Crippen LogP contribution in [0.15, 0.2) is 48.7 Å². The number of unbranched alkanes of at least 4 members (excludes halogenated alkanes) is 1. The molecule has 106 valence electrons. The van der Waals surface area contributed by atoms with Crippen molar-refractivity contribution in [2.24, 2.45) is 0 Å². The molecule has 0 spiro atoms. The van der Waals surface area contributed by atoms with Crippen molar-refractivity contribution in [2.45, 2.75) is 38.8 Å². The van der Waals surface area contributed by atoms with Gasteiger partial charge in [0, 0.05) is 18.8 Å². The molecule has 1 heterocycles. The van der Waals surface area contributed by atoms with Gasteiger partial charge in [-0.2, -0.15) is 0 Å². The van der Waals surface area contributed by atoms with Crippen molar-refractivity contribution in [3.8, 4) is 0 Å². The summed E-state index contributed by atoms with van der Waals surface area (Å²) in [4.78, 5) is 4.32. The fraction of sp³-hybridized carbons (Fsp3) is 0.353. The highest BCUT2D eigenvalue weighted by Crippen LogP contribution is 2.20. The quantitative estimate of drug-likeness (QED) is 0.815. The Balaban J connectivity index is 2.01. The molecule has 0 aliphatic rings. The topological polar surface area (TPSA) is 24.9 Å². The molecule has 0 radical (unpaired) electrons. The van der Waals surface area contributed by atoms with E-state index in [1.807, 2.05) is 30.3 Å². The van der Waals surface area contributed by atoms with Crippen LogP contribution in [-0.2, 0) is 6.54 Å². The summed E-state index contributed by atoms with van der Waals surface area (Å²) in [7, 11) is 0. The van der Waals surface area contributed by atoms with Gasteiger partial charge in [-0.3, -0.25) is 4.98 Å². The molecule has 1 aromatic carbocycles. The summed E-state index contributed by atoms with van der Waals surface area (Å²) in [5.41, 5.74) is 2.16. The first-order valence-corrected chi connectivity index (χ1v) is 7.18. The van der Waals surface area contributed by atoms with E-state index >= 15 is 0 Å². The summed E-state index contributed by atoms with van der Waals surface area (Å²) in [5, 5.41) is 3.52. The molecule has 2 nitrogen and oxygen atoms in total. The molecule has 2 rings (SSSR count). The minimum absolute atomic E-state index is 0.187. The Labute approximate surface area is 120 Å². The average molecular weight is 272 g/mol. The van der Waals surface area contributed by atoms with Gasteiger partial charge in [-0.25, -0.2) is 4.39 Å². The van der Waals surface area contributed by atoms with E-state index in [1.165, 1.54) is 12.1 Å². The molecule has 3 heteroatoms. The van der Waals surface area contributed by atoms with E-state index in [2.05, 4.69) is 17.2 Å². The number of benzene rings is 1. The fourth-order valence-corrected chi connectivity index (χ4v) is 2.22. The Kier molecular flexibility index (Phi) is 5.69. The number of pyridine rings is 1. The third kappa shape index (κ3) is 4.42. The van der Waals surface area contributed by atoms with Crippen LogP contribution < -0.4 is 5.32 Å². The first-order chi connectivity index (χ1) is 9.79. The van der Waals surface area contributed by atoms with E-state index in [9.17, 15) is 4.39 Å². The minimum Gasteiger partial charge on any atom is -0.304 e. The van der Waals surface area contributed by atoms with Crippen LogP contribution in [0.4, 0.5) is 4.39 Å². The van der Waals surface area contributed by atoms with Crippen LogP contribution in [0.3, 0.4) is 0 Å². The first kappa shape index (κ1) is 14.7. The van der Waals surface area contributed by atoms with Gasteiger partial charge in [0.2, 0.25) is 0 Å². The molecule has 0 saturated heterocycles. The second kappa shape index (κ2) is 7.75. The summed E-state index contributed by atoms with van der Waals surface area (Å²) in [6.45, 7) is 2.91. The van der Waals surface area contributed by atoms with Crippen molar-refractivity contribution in [3.63, 3.8) is 0 Å². The average Bonchev–Trinajstić information content (AvgIpc) is 2.50. The summed E-state index contributed by atoms with van der Waals surface area (Å²) in [5.74, 6) is -0.187. The Morgan fingerprint density at radius 3 is 2.60 bits per heavy atom. The zero-order valence-electron chi connectivity index (χ0n) is 11.8. The van der Waals surface area contributed by atoms with Crippen LogP contribution in [0, 0.1) is 5.82 Å². The van der Waals surface area contributed by atoms with Crippen molar-refractivity contribution in [1.29, 1.82) is 0 Å². The summed E-state index contributed by atoms with van der Waals surface area (Å²) in [6, 6.07) is 12.9. The van der Waals surface area contributed by atoms with Crippen LogP contribution in [0.5, 0.6) is 0 Å². The van der Waals surface area contributed by atoms with Crippen molar-refractivity contribution < 1.29 is 4.39 Å². The highest BCUT2D eigenvalue weighted by molar-refractivity contribution is 5.20. The largest absolute Gasteiger partial charge is 0.304 e. The molecule has 1 aromatic heterocycles. The van der Waals surface area contributed by atoms with Crippen LogP contribution >= 0.6 is 0 Å². The van der Waals surface area contributed by atoms with Crippen LogP contribution in [-0.4, -0.2) is 4.98 Å². The SMILES string of the molecule is CCCCC(NCc1ccccn1)c1ccc(F)cc1. The molecule has 0 saturated carbocycles. The molecule has 1 atom stereocenters. The Morgan fingerprint density at radius 2 is 1.95 bits per heavy atom. The van der Waals surface area contributed by atoms with Gasteiger partial charge in [-0.1, -0.05) is 38.0 Å². The van der Waals surface area contributed by atoms with Crippen molar-refractivity contribution in [1.82, 2.24) is 10.3 Å². The Bertz CT molecular complexity index is 496. The standard InChI is InChI=1S/C17H21FN2/c1-2-3-7-17(14-8-10-15(18)11-9-14)20-13-16-6-4-5-12-19-16/h4-6,8-12,17,20H,2-3,7,13H2,1H3. The van der Waals surface area contributed by atoms with E-state index in [4.69, 9.17) is 0 Å². The summed E-state index contributed by atoms with van der Waals surface area (Å²) < 4.78 is 13.0. The van der Waals surface area contributed by atoms with E-state index in [0.717, 1.165) is 37.1 Å². The molecule has 20 heavy (non-hydrogen) atoms. The number of halogens is 1. The summed E-state index contributed by atoms with van der Waals surface area (Å²) in [6.07, 6.45) is 5.16. The van der Waals surface area contributed by atoms with Crippen molar-refractivity contribution >= 4 is 0 Å². The monoisotopic (exact) mass is 272 g/mol. The molecule has 1 unspecified atom stereocenters. The smallest absolute Gasteiger partial charge is 0.123 e. The van der Waals surface area contributed by atoms with Crippen LogP contribution in [0.1, 0.15) is 43.5 Å². The second-order valence-corrected chi connectivity index (χ2v) is 4.95. The number of hydrogen-bond donors (Lipinski definition) is 1. The lowest BCUT2D eigenvalue weighted by atomic mass is 10.0. The number of hydrogen-bond acceptors (Lipinski definition) is 2. The molecule has 0 fully saturated rings. The Hall–Kier alpha value is -1.74. The third-order valence-corrected chi connectivity index (χ3v) is 3.37. The number of aromatic nitrogens is 1. The van der Waals surface area contributed by atoms with Crippen molar-refractivity contribution in [3.05, 3.63) is 65.7 Å². The number of nitrogens with zero attached hydrogens (tertiary/aromatic N) is 1. The maximum Gasteiger partial charge on any atom is 0.123 e. The van der Waals surface area contributed by atoms with E-state index in [1.54, 1.807) is 6.20 Å². The lowest BCUT2D eigenvalue weighted by molar-refractivity contribution is 0.476. The molecule has 0 aliphatic carbocycles. The van der Waals surface area contributed by atoms with Crippen LogP contribution in [0.25, 0.3) is 0 Å². The molecule has 0 aliphatic heterocycles. The second-order valence-electron chi connectivity index (χ2n) is 4.95. The number of rotatable bonds is 7. The van der Waals surface area contributed by atoms with Gasteiger partial charge in [0.15, 0.2) is 0 Å². The van der Waals surface area contributed by atoms with Gasteiger partial charge in [0.05, 0.1) is 5.69 Å². The maximum absolute atomic E-state index is 13.0. The highest BCUT2D eigenvalue weighted by atomic mass is 19.1. The van der Waals surface area contributed by atoms with Gasteiger partial charge in [0.25, 0.3) is 0 Å². The van der Waals surface area contributed by atoms with E-state index in [-0.39, 0.29) is 11.9 Å². The minimum atomic E-state index is -0.187. The molecular weight excluding hydrogens is 251 g/mol. The van der Waals surface area contributed by atoms with Gasteiger partial charge >= 0.3 is 0 Å². The zero-order chi connectivity index (χ0) is 14.2. The molecule has 0 amide bonds. The fourth-order valence-electron chi connectivity index (χ4n) is 2.22. The summed E-state index contributed by atoms with van der Waals surface area (Å²) >= 11 is 0. The predicted octanol–water partition coefficient (Wildman–Crippen LogP) is 4.24. The van der Waals surface area contributed by atoms with Gasteiger partial charge < -0.3 is 5.32 Å². The van der Waals surface area contributed by atoms with Gasteiger partial charge in [-0.05, 0) is 36.2 Å². The molecule has 0 bridgehead atoms. The van der Waals surface area contributed by atoms with Gasteiger partial charge in [-0.15, -0.1) is 0 Å². The third-order valence-electron chi connectivity index (χ3n) is 3.37. The lowest BCUT2D eigenvalue weighted by Gasteiger charge is -2.19. The molecular formula is C17H21FN2. The zero-order valence-corrected chi connectivity index (χ0v) is 11.8. The molecule has 1 N–H and O–H groups in total. The predicted molar refractivity (Wildman–Crippen MR) is 79.7 cm³/mol. The normalized spacial score (nSPS) is 12.3. The lowest BCUT2D eigenvalue weighted by Crippen LogP contribution is -2.21. The Morgan fingerprint density at radius 1 is 1.15 bits per heavy atom. The first-order valence-electron chi connectivity index (χ1n) is 7.18. The van der Waals surface area contributed by atoms with E-state index in [0.29, 0.717) is 0 Å².